The highest BCUT2D eigenvalue weighted by molar-refractivity contribution is 5.97. The zero-order valence-corrected chi connectivity index (χ0v) is 24.6. The summed E-state index contributed by atoms with van der Waals surface area (Å²) in [5, 5.41) is 10.8. The second-order valence-corrected chi connectivity index (χ2v) is 11.0. The molecular weight excluding hydrogens is 532 g/mol. The molecule has 43 heavy (non-hydrogen) atoms. The highest BCUT2D eigenvalue weighted by Crippen LogP contribution is 2.50. The van der Waals surface area contributed by atoms with Crippen LogP contribution in [-0.2, 0) is 18.3 Å². The molecule has 6 rings (SSSR count). The lowest BCUT2D eigenvalue weighted by molar-refractivity contribution is 0.101. The third-order valence-electron chi connectivity index (χ3n) is 8.44. The number of hydrogen-bond donors (Lipinski definition) is 0. The first kappa shape index (κ1) is 27.9. The van der Waals surface area contributed by atoms with E-state index in [0.29, 0.717) is 18.4 Å². The van der Waals surface area contributed by atoms with E-state index in [9.17, 15) is 10.1 Å². The van der Waals surface area contributed by atoms with Gasteiger partial charge < -0.3 is 9.47 Å². The molecule has 5 nitrogen and oxygen atoms in total. The molecule has 1 aliphatic carbocycles. The molecule has 1 atom stereocenters. The van der Waals surface area contributed by atoms with E-state index < -0.39 is 5.41 Å². The van der Waals surface area contributed by atoms with Crippen LogP contribution in [0.3, 0.4) is 0 Å². The number of nitrogens with zero attached hydrogens (tertiary/aromatic N) is 2. The van der Waals surface area contributed by atoms with Gasteiger partial charge in [-0.15, -0.1) is 0 Å². The second-order valence-electron chi connectivity index (χ2n) is 11.0. The number of pyridine rings is 1. The average molecular weight is 565 g/mol. The molecule has 0 unspecified atom stereocenters. The van der Waals surface area contributed by atoms with Gasteiger partial charge in [0.1, 0.15) is 16.9 Å². The van der Waals surface area contributed by atoms with Crippen LogP contribution in [0.5, 0.6) is 11.5 Å². The zero-order chi connectivity index (χ0) is 30.0. The molecule has 0 aliphatic heterocycles. The summed E-state index contributed by atoms with van der Waals surface area (Å²) >= 11 is 0. The topological polar surface area (TPSA) is 72.2 Å². The largest absolute Gasteiger partial charge is 0.497 e. The van der Waals surface area contributed by atoms with E-state index in [4.69, 9.17) is 14.5 Å². The van der Waals surface area contributed by atoms with Gasteiger partial charge in [0.05, 0.1) is 31.7 Å². The molecule has 0 saturated carbocycles. The molecule has 0 fully saturated rings. The molecule has 0 bridgehead atoms. The number of fused-ring (bicyclic) bond motifs is 1. The molecular formula is C38H32N2O3. The fourth-order valence-electron chi connectivity index (χ4n) is 6.17. The first-order valence-electron chi connectivity index (χ1n) is 14.4. The van der Waals surface area contributed by atoms with Gasteiger partial charge in [-0.05, 0) is 90.4 Å². The average Bonchev–Trinajstić information content (AvgIpc) is 3.42. The number of Topliss-reactive ketones (excluding diaryl/α,β-unsaturated/α-hetero) is 1. The number of hydrogen-bond acceptors (Lipinski definition) is 5. The monoisotopic (exact) mass is 564 g/mol. The van der Waals surface area contributed by atoms with Gasteiger partial charge in [-0.25, -0.2) is 0 Å². The number of rotatable bonds is 8. The van der Waals surface area contributed by atoms with Gasteiger partial charge in [0, 0.05) is 16.7 Å². The van der Waals surface area contributed by atoms with Gasteiger partial charge in [-0.1, -0.05) is 66.7 Å². The lowest BCUT2D eigenvalue weighted by Gasteiger charge is -2.25. The summed E-state index contributed by atoms with van der Waals surface area (Å²) in [5.74, 6) is 1.54. The minimum Gasteiger partial charge on any atom is -0.497 e. The minimum absolute atomic E-state index is 0.0205. The van der Waals surface area contributed by atoms with Gasteiger partial charge in [-0.3, -0.25) is 9.78 Å². The Morgan fingerprint density at radius 1 is 0.791 bits per heavy atom. The van der Waals surface area contributed by atoms with E-state index in [-0.39, 0.29) is 5.78 Å². The quantitative estimate of drug-likeness (QED) is 0.177. The second kappa shape index (κ2) is 11.6. The van der Waals surface area contributed by atoms with Crippen LogP contribution < -0.4 is 9.47 Å². The van der Waals surface area contributed by atoms with E-state index in [1.165, 1.54) is 0 Å². The third-order valence-corrected chi connectivity index (χ3v) is 8.44. The summed E-state index contributed by atoms with van der Waals surface area (Å²) in [6.45, 7) is 1.58. The fourth-order valence-corrected chi connectivity index (χ4v) is 6.17. The molecule has 212 valence electrons. The zero-order valence-electron chi connectivity index (χ0n) is 24.6. The molecule has 1 aliphatic rings. The van der Waals surface area contributed by atoms with Crippen molar-refractivity contribution < 1.29 is 14.3 Å². The Labute approximate surface area is 252 Å². The Morgan fingerprint density at radius 3 is 1.91 bits per heavy atom. The highest BCUT2D eigenvalue weighted by Gasteiger charge is 2.43. The molecule has 0 saturated heterocycles. The van der Waals surface area contributed by atoms with Gasteiger partial charge in [0.2, 0.25) is 0 Å². The molecule has 5 aromatic rings. The van der Waals surface area contributed by atoms with Crippen molar-refractivity contribution in [2.75, 3.05) is 14.2 Å². The van der Waals surface area contributed by atoms with Crippen LogP contribution in [0.2, 0.25) is 0 Å². The van der Waals surface area contributed by atoms with Crippen LogP contribution in [0.1, 0.15) is 40.5 Å². The van der Waals surface area contributed by atoms with Crippen molar-refractivity contribution in [1.29, 1.82) is 5.26 Å². The molecule has 1 aromatic heterocycles. The normalized spacial score (nSPS) is 15.4. The molecule has 0 amide bonds. The van der Waals surface area contributed by atoms with E-state index in [1.807, 2.05) is 78.9 Å². The summed E-state index contributed by atoms with van der Waals surface area (Å²) < 4.78 is 10.9. The number of carbonyl (C=O) groups excluding carboxylic acids is 1. The SMILES string of the molecule is COc1ccc(-c2nc3c(c(-c4ccc(C(C)=O)cc4)c2-c2ccc(OC)cc2)CC[C@@]3(C#N)Cc2ccccc2)cc1. The number of methoxy groups -OCH3 is 2. The van der Waals surface area contributed by atoms with Gasteiger partial charge in [0.25, 0.3) is 0 Å². The Balaban J connectivity index is 1.68. The molecule has 5 heteroatoms. The molecule has 1 heterocycles. The Bertz CT molecular complexity index is 1820. The predicted octanol–water partition coefficient (Wildman–Crippen LogP) is 8.25. The molecule has 0 N–H and O–H groups in total. The van der Waals surface area contributed by atoms with Crippen molar-refractivity contribution in [2.24, 2.45) is 0 Å². The van der Waals surface area contributed by atoms with Crippen LogP contribution in [0.25, 0.3) is 33.5 Å². The van der Waals surface area contributed by atoms with Gasteiger partial charge in [-0.2, -0.15) is 5.26 Å². The maximum Gasteiger partial charge on any atom is 0.159 e. The smallest absolute Gasteiger partial charge is 0.159 e. The number of benzene rings is 4. The lowest BCUT2D eigenvalue weighted by Crippen LogP contribution is -2.25. The van der Waals surface area contributed by atoms with E-state index in [2.05, 4.69) is 30.3 Å². The molecule has 4 aromatic carbocycles. The van der Waals surface area contributed by atoms with Crippen molar-refractivity contribution in [3.8, 4) is 51.1 Å². The number of nitriles is 1. The number of ketones is 1. The van der Waals surface area contributed by atoms with Crippen LogP contribution in [0.4, 0.5) is 0 Å². The maximum absolute atomic E-state index is 12.2. The first-order valence-corrected chi connectivity index (χ1v) is 14.4. The fraction of sp³-hybridized carbons (Fsp3) is 0.184. The third kappa shape index (κ3) is 5.17. The standard InChI is InChI=1S/C38H32N2O3/c1-25(41)27-9-11-28(12-10-27)34-33-21-22-38(24-39,23-26-7-5-4-6-8-26)37(33)40-36(30-15-19-32(43-3)20-16-30)35(34)29-13-17-31(42-2)18-14-29/h4-20H,21-23H2,1-3H3/t38-/m0/s1. The van der Waals surface area contributed by atoms with Crippen LogP contribution in [0.15, 0.2) is 103 Å². The van der Waals surface area contributed by atoms with Crippen LogP contribution in [0, 0.1) is 11.3 Å². The van der Waals surface area contributed by atoms with E-state index in [0.717, 1.165) is 68.3 Å². The lowest BCUT2D eigenvalue weighted by atomic mass is 9.79. The maximum atomic E-state index is 12.2. The Hall–Kier alpha value is -5.21. The number of aromatic nitrogens is 1. The summed E-state index contributed by atoms with van der Waals surface area (Å²) in [5.41, 5.74) is 8.62. The van der Waals surface area contributed by atoms with Crippen molar-refractivity contribution >= 4 is 5.78 Å². The summed E-state index contributed by atoms with van der Waals surface area (Å²) in [4.78, 5) is 17.6. The van der Waals surface area contributed by atoms with Crippen molar-refractivity contribution in [3.05, 3.63) is 126 Å². The molecule has 0 radical (unpaired) electrons. The number of carbonyl (C=O) groups is 1. The Morgan fingerprint density at radius 2 is 1.35 bits per heavy atom. The number of ether oxygens (including phenoxy) is 2. The summed E-state index contributed by atoms with van der Waals surface area (Å²) in [6.07, 6.45) is 1.98. The first-order chi connectivity index (χ1) is 21.0. The van der Waals surface area contributed by atoms with Crippen molar-refractivity contribution in [3.63, 3.8) is 0 Å². The van der Waals surface area contributed by atoms with E-state index >= 15 is 0 Å². The minimum atomic E-state index is -0.773. The van der Waals surface area contributed by atoms with Crippen LogP contribution in [-0.4, -0.2) is 25.0 Å². The van der Waals surface area contributed by atoms with Crippen molar-refractivity contribution in [1.82, 2.24) is 4.98 Å². The molecule has 0 spiro atoms. The summed E-state index contributed by atoms with van der Waals surface area (Å²) in [6, 6.07) is 36.6. The Kier molecular flexibility index (Phi) is 7.52. The summed E-state index contributed by atoms with van der Waals surface area (Å²) in [7, 11) is 3.31. The predicted molar refractivity (Wildman–Crippen MR) is 169 cm³/mol. The van der Waals surface area contributed by atoms with Gasteiger partial charge in [0.15, 0.2) is 5.78 Å². The van der Waals surface area contributed by atoms with Gasteiger partial charge >= 0.3 is 0 Å². The van der Waals surface area contributed by atoms with Crippen molar-refractivity contribution in [2.45, 2.75) is 31.6 Å². The highest BCUT2D eigenvalue weighted by atomic mass is 16.5. The van der Waals surface area contributed by atoms with E-state index in [1.54, 1.807) is 21.1 Å². The van der Waals surface area contributed by atoms with Crippen LogP contribution >= 0.6 is 0 Å².